The van der Waals surface area contributed by atoms with Crippen molar-refractivity contribution >= 4 is 21.6 Å². The summed E-state index contributed by atoms with van der Waals surface area (Å²) in [6.07, 6.45) is 1.51. The van der Waals surface area contributed by atoms with Crippen molar-refractivity contribution < 1.29 is 13.2 Å². The van der Waals surface area contributed by atoms with Gasteiger partial charge in [-0.25, -0.2) is 8.42 Å². The number of amides is 1. The Morgan fingerprint density at radius 1 is 1.08 bits per heavy atom. The van der Waals surface area contributed by atoms with Crippen molar-refractivity contribution in [1.29, 1.82) is 0 Å². The molecule has 1 N–H and O–H groups in total. The van der Waals surface area contributed by atoms with Gasteiger partial charge in [0.05, 0.1) is 11.9 Å². The number of aryl methyl sites for hydroxylation is 2. The molecule has 2 aromatic carbocycles. The van der Waals surface area contributed by atoms with E-state index in [-0.39, 0.29) is 5.91 Å². The van der Waals surface area contributed by atoms with E-state index >= 15 is 0 Å². The van der Waals surface area contributed by atoms with E-state index in [0.29, 0.717) is 18.7 Å². The highest BCUT2D eigenvalue weighted by Crippen LogP contribution is 2.23. The average molecular weight is 375 g/mol. The summed E-state index contributed by atoms with van der Waals surface area (Å²) in [5.74, 6) is -0.305. The zero-order chi connectivity index (χ0) is 19.3. The molecule has 1 amide bonds. The molecule has 0 heterocycles. The Morgan fingerprint density at radius 2 is 1.69 bits per heavy atom. The molecule has 0 aromatic heterocycles. The summed E-state index contributed by atoms with van der Waals surface area (Å²) >= 11 is 0. The van der Waals surface area contributed by atoms with E-state index in [2.05, 4.69) is 5.32 Å². The minimum absolute atomic E-state index is 0.305. The van der Waals surface area contributed by atoms with Crippen LogP contribution in [0.2, 0.25) is 0 Å². The molecule has 140 valence electrons. The summed E-state index contributed by atoms with van der Waals surface area (Å²) in [4.78, 5) is 12.8. The number of hydrogen-bond donors (Lipinski definition) is 1. The Hall–Kier alpha value is -2.34. The molecule has 5 nitrogen and oxygen atoms in total. The summed E-state index contributed by atoms with van der Waals surface area (Å²) in [6, 6.07) is 14.2. The summed E-state index contributed by atoms with van der Waals surface area (Å²) in [5.41, 5.74) is 3.53. The number of nitrogens with zero attached hydrogens (tertiary/aromatic N) is 1. The number of rotatable bonds is 7. The Kier molecular flexibility index (Phi) is 6.42. The number of benzene rings is 2. The number of anilines is 1. The van der Waals surface area contributed by atoms with Crippen LogP contribution in [-0.4, -0.2) is 26.6 Å². The van der Waals surface area contributed by atoms with Crippen molar-refractivity contribution in [3.8, 4) is 0 Å². The molecule has 0 saturated heterocycles. The van der Waals surface area contributed by atoms with Crippen LogP contribution in [0.25, 0.3) is 0 Å². The van der Waals surface area contributed by atoms with Crippen molar-refractivity contribution in [2.45, 2.75) is 39.8 Å². The molecular formula is C20H26N2O3S. The minimum atomic E-state index is -3.61. The summed E-state index contributed by atoms with van der Waals surface area (Å²) in [7, 11) is -3.61. The van der Waals surface area contributed by atoms with Crippen molar-refractivity contribution in [1.82, 2.24) is 5.32 Å². The van der Waals surface area contributed by atoms with Crippen molar-refractivity contribution in [2.24, 2.45) is 0 Å². The SMILES string of the molecule is CC[C@@H](C(=O)NCc1cccc(C)c1)N(c1cccc(C)c1)S(C)(=O)=O. The van der Waals surface area contributed by atoms with Gasteiger partial charge in [-0.05, 0) is 43.5 Å². The Balaban J connectivity index is 2.25. The molecule has 0 aliphatic heterocycles. The Bertz CT molecular complexity index is 878. The highest BCUT2D eigenvalue weighted by Gasteiger charge is 2.31. The van der Waals surface area contributed by atoms with Gasteiger partial charge in [0.2, 0.25) is 15.9 Å². The Morgan fingerprint density at radius 3 is 2.23 bits per heavy atom. The lowest BCUT2D eigenvalue weighted by molar-refractivity contribution is -0.122. The van der Waals surface area contributed by atoms with Crippen LogP contribution in [-0.2, 0) is 21.4 Å². The summed E-state index contributed by atoms with van der Waals surface area (Å²) in [6.45, 7) is 6.05. The highest BCUT2D eigenvalue weighted by atomic mass is 32.2. The number of nitrogens with one attached hydrogen (secondary N) is 1. The van der Waals surface area contributed by atoms with Crippen LogP contribution >= 0.6 is 0 Å². The van der Waals surface area contributed by atoms with Gasteiger partial charge in [-0.1, -0.05) is 48.9 Å². The number of carbonyl (C=O) groups is 1. The lowest BCUT2D eigenvalue weighted by Gasteiger charge is -2.30. The van der Waals surface area contributed by atoms with Crippen LogP contribution in [0.3, 0.4) is 0 Å². The largest absolute Gasteiger partial charge is 0.350 e. The van der Waals surface area contributed by atoms with Crippen LogP contribution in [0.4, 0.5) is 5.69 Å². The topological polar surface area (TPSA) is 66.5 Å². The van der Waals surface area contributed by atoms with E-state index in [4.69, 9.17) is 0 Å². The maximum Gasteiger partial charge on any atom is 0.244 e. The van der Waals surface area contributed by atoms with Crippen molar-refractivity contribution in [2.75, 3.05) is 10.6 Å². The molecule has 0 saturated carbocycles. The molecule has 0 unspecified atom stereocenters. The fraction of sp³-hybridized carbons (Fsp3) is 0.350. The number of hydrogen-bond acceptors (Lipinski definition) is 3. The standard InChI is InChI=1S/C20H26N2O3S/c1-5-19(20(23)21-14-17-10-6-8-15(2)12-17)22(26(4,24)25)18-11-7-9-16(3)13-18/h6-13,19H,5,14H2,1-4H3,(H,21,23)/t19-/m0/s1. The molecule has 26 heavy (non-hydrogen) atoms. The average Bonchev–Trinajstić information content (AvgIpc) is 2.56. The predicted molar refractivity (Wildman–Crippen MR) is 106 cm³/mol. The van der Waals surface area contributed by atoms with Gasteiger partial charge in [0.25, 0.3) is 0 Å². The van der Waals surface area contributed by atoms with E-state index in [1.807, 2.05) is 51.1 Å². The van der Waals surface area contributed by atoms with Gasteiger partial charge in [-0.2, -0.15) is 0 Å². The smallest absolute Gasteiger partial charge is 0.244 e. The van der Waals surface area contributed by atoms with Crippen LogP contribution in [0.15, 0.2) is 48.5 Å². The van der Waals surface area contributed by atoms with E-state index in [1.165, 1.54) is 4.31 Å². The van der Waals surface area contributed by atoms with E-state index in [1.54, 1.807) is 18.2 Å². The summed E-state index contributed by atoms with van der Waals surface area (Å²) < 4.78 is 26.0. The van der Waals surface area contributed by atoms with Gasteiger partial charge >= 0.3 is 0 Å². The number of sulfonamides is 1. The zero-order valence-electron chi connectivity index (χ0n) is 15.7. The molecule has 0 radical (unpaired) electrons. The fourth-order valence-electron chi connectivity index (χ4n) is 2.95. The van der Waals surface area contributed by atoms with Gasteiger partial charge in [-0.3, -0.25) is 9.10 Å². The minimum Gasteiger partial charge on any atom is -0.350 e. The molecule has 0 fully saturated rings. The van der Waals surface area contributed by atoms with Gasteiger partial charge in [0.1, 0.15) is 6.04 Å². The second-order valence-corrected chi connectivity index (χ2v) is 8.39. The van der Waals surface area contributed by atoms with Gasteiger partial charge < -0.3 is 5.32 Å². The van der Waals surface area contributed by atoms with Crippen molar-refractivity contribution in [3.05, 3.63) is 65.2 Å². The lowest BCUT2D eigenvalue weighted by atomic mass is 10.1. The lowest BCUT2D eigenvalue weighted by Crippen LogP contribution is -2.49. The third-order valence-electron chi connectivity index (χ3n) is 4.14. The molecule has 2 aromatic rings. The highest BCUT2D eigenvalue weighted by molar-refractivity contribution is 7.92. The first-order valence-corrected chi connectivity index (χ1v) is 10.5. The first-order chi connectivity index (χ1) is 12.2. The third kappa shape index (κ3) is 5.08. The molecule has 1 atom stereocenters. The maximum atomic E-state index is 12.8. The van der Waals surface area contributed by atoms with Crippen LogP contribution in [0.1, 0.15) is 30.0 Å². The maximum absolute atomic E-state index is 12.8. The Labute approximate surface area is 156 Å². The second kappa shape index (κ2) is 8.36. The normalized spacial score (nSPS) is 12.5. The van der Waals surface area contributed by atoms with Gasteiger partial charge in [0.15, 0.2) is 0 Å². The zero-order valence-corrected chi connectivity index (χ0v) is 16.5. The predicted octanol–water partition coefficient (Wildman–Crippen LogP) is 3.16. The molecule has 0 aliphatic carbocycles. The third-order valence-corrected chi connectivity index (χ3v) is 5.31. The first kappa shape index (κ1) is 20.0. The fourth-order valence-corrected chi connectivity index (χ4v) is 4.16. The van der Waals surface area contributed by atoms with Gasteiger partial charge in [0, 0.05) is 6.54 Å². The first-order valence-electron chi connectivity index (χ1n) is 8.61. The molecule has 0 spiro atoms. The molecule has 2 rings (SSSR count). The van der Waals surface area contributed by atoms with Crippen LogP contribution < -0.4 is 9.62 Å². The van der Waals surface area contributed by atoms with E-state index < -0.39 is 16.1 Å². The van der Waals surface area contributed by atoms with E-state index in [9.17, 15) is 13.2 Å². The van der Waals surface area contributed by atoms with Gasteiger partial charge in [-0.15, -0.1) is 0 Å². The molecule has 0 bridgehead atoms. The van der Waals surface area contributed by atoms with E-state index in [0.717, 1.165) is 22.9 Å². The second-order valence-electron chi connectivity index (χ2n) is 6.53. The number of carbonyl (C=O) groups excluding carboxylic acids is 1. The molecule has 6 heteroatoms. The molecule has 0 aliphatic rings. The quantitative estimate of drug-likeness (QED) is 0.809. The van der Waals surface area contributed by atoms with Crippen LogP contribution in [0.5, 0.6) is 0 Å². The van der Waals surface area contributed by atoms with Crippen LogP contribution in [0, 0.1) is 13.8 Å². The molecular weight excluding hydrogens is 348 g/mol. The monoisotopic (exact) mass is 374 g/mol. The van der Waals surface area contributed by atoms with Crippen molar-refractivity contribution in [3.63, 3.8) is 0 Å². The summed E-state index contributed by atoms with van der Waals surface area (Å²) in [5, 5.41) is 2.87.